The zero-order valence-corrected chi connectivity index (χ0v) is 13.4. The van der Waals surface area contributed by atoms with E-state index in [2.05, 4.69) is 4.98 Å². The normalized spacial score (nSPS) is 10.6. The van der Waals surface area contributed by atoms with Gasteiger partial charge in [-0.25, -0.2) is 4.98 Å². The van der Waals surface area contributed by atoms with Crippen molar-refractivity contribution in [1.29, 1.82) is 0 Å². The second-order valence-corrected chi connectivity index (χ2v) is 6.37. The summed E-state index contributed by atoms with van der Waals surface area (Å²) in [4.78, 5) is 16.8. The highest BCUT2D eigenvalue weighted by Crippen LogP contribution is 2.37. The minimum atomic E-state index is -0.515. The van der Waals surface area contributed by atoms with Crippen molar-refractivity contribution in [1.82, 2.24) is 4.98 Å². The first kappa shape index (κ1) is 14.8. The maximum atomic E-state index is 11.5. The van der Waals surface area contributed by atoms with E-state index in [1.807, 2.05) is 43.3 Å². The van der Waals surface area contributed by atoms with Crippen LogP contribution < -0.4 is 5.73 Å². The van der Waals surface area contributed by atoms with Gasteiger partial charge in [0.2, 0.25) is 0 Å². The lowest BCUT2D eigenvalue weighted by Crippen LogP contribution is -2.10. The topological polar surface area (TPSA) is 56.0 Å². The number of aryl methyl sites for hydroxylation is 1. The number of carbonyl (C=O) groups is 1. The Balaban J connectivity index is 2.17. The van der Waals surface area contributed by atoms with Crippen LogP contribution in [0.5, 0.6) is 0 Å². The SMILES string of the molecule is Cc1ccc(-c2sc(C(N)=O)nc2-c2ccc(Cl)cc2)cc1. The van der Waals surface area contributed by atoms with E-state index in [1.54, 1.807) is 12.1 Å². The van der Waals surface area contributed by atoms with Gasteiger partial charge in [-0.15, -0.1) is 11.3 Å². The summed E-state index contributed by atoms with van der Waals surface area (Å²) in [5.74, 6) is -0.515. The van der Waals surface area contributed by atoms with Crippen LogP contribution in [0.15, 0.2) is 48.5 Å². The molecule has 3 rings (SSSR count). The van der Waals surface area contributed by atoms with Crippen molar-refractivity contribution in [2.24, 2.45) is 5.73 Å². The number of aromatic nitrogens is 1. The first-order chi connectivity index (χ1) is 10.5. The molecule has 3 nitrogen and oxygen atoms in total. The molecule has 0 aliphatic rings. The van der Waals surface area contributed by atoms with Crippen molar-refractivity contribution < 1.29 is 4.79 Å². The van der Waals surface area contributed by atoms with Crippen molar-refractivity contribution in [2.75, 3.05) is 0 Å². The number of nitrogens with zero attached hydrogens (tertiary/aromatic N) is 1. The molecule has 2 N–H and O–H groups in total. The van der Waals surface area contributed by atoms with E-state index in [0.29, 0.717) is 10.0 Å². The Bertz CT molecular complexity index is 760. The zero-order valence-electron chi connectivity index (χ0n) is 11.8. The summed E-state index contributed by atoms with van der Waals surface area (Å²) >= 11 is 7.24. The summed E-state index contributed by atoms with van der Waals surface area (Å²) in [6.07, 6.45) is 0. The smallest absolute Gasteiger partial charge is 0.277 e. The van der Waals surface area contributed by atoms with E-state index in [1.165, 1.54) is 16.9 Å². The molecule has 0 saturated heterocycles. The molecular formula is C17H13ClN2OS. The number of carbonyl (C=O) groups excluding carboxylic acids is 1. The number of rotatable bonds is 3. The highest BCUT2D eigenvalue weighted by Gasteiger charge is 2.17. The molecule has 1 heterocycles. The van der Waals surface area contributed by atoms with Gasteiger partial charge in [-0.1, -0.05) is 53.6 Å². The molecule has 2 aromatic carbocycles. The Morgan fingerprint density at radius 1 is 1.05 bits per heavy atom. The Kier molecular flexibility index (Phi) is 3.96. The second kappa shape index (κ2) is 5.91. The molecule has 110 valence electrons. The van der Waals surface area contributed by atoms with Crippen LogP contribution in [0.25, 0.3) is 21.7 Å². The van der Waals surface area contributed by atoms with Gasteiger partial charge < -0.3 is 5.73 Å². The van der Waals surface area contributed by atoms with Crippen LogP contribution >= 0.6 is 22.9 Å². The third-order valence-electron chi connectivity index (χ3n) is 3.27. The minimum absolute atomic E-state index is 0.306. The van der Waals surface area contributed by atoms with Gasteiger partial charge in [0.05, 0.1) is 10.6 Å². The average molecular weight is 329 g/mol. The van der Waals surface area contributed by atoms with Crippen LogP contribution in [0.2, 0.25) is 5.02 Å². The molecule has 1 amide bonds. The number of nitrogens with two attached hydrogens (primary N) is 1. The summed E-state index contributed by atoms with van der Waals surface area (Å²) in [7, 11) is 0. The van der Waals surface area contributed by atoms with Crippen LogP contribution in [-0.2, 0) is 0 Å². The predicted molar refractivity (Wildman–Crippen MR) is 91.3 cm³/mol. The fourth-order valence-electron chi connectivity index (χ4n) is 2.13. The predicted octanol–water partition coefficient (Wildman–Crippen LogP) is 4.54. The average Bonchev–Trinajstić information content (AvgIpc) is 2.94. The number of amides is 1. The van der Waals surface area contributed by atoms with Crippen molar-refractivity contribution in [2.45, 2.75) is 6.92 Å². The summed E-state index contributed by atoms with van der Waals surface area (Å²) < 4.78 is 0. The molecule has 0 aliphatic heterocycles. The molecule has 0 aliphatic carbocycles. The molecule has 0 saturated carbocycles. The highest BCUT2D eigenvalue weighted by molar-refractivity contribution is 7.17. The van der Waals surface area contributed by atoms with Crippen LogP contribution in [-0.4, -0.2) is 10.9 Å². The van der Waals surface area contributed by atoms with E-state index in [9.17, 15) is 4.79 Å². The molecule has 0 bridgehead atoms. The Morgan fingerprint density at radius 3 is 2.23 bits per heavy atom. The number of hydrogen-bond donors (Lipinski definition) is 1. The Morgan fingerprint density at radius 2 is 1.64 bits per heavy atom. The lowest BCUT2D eigenvalue weighted by atomic mass is 10.1. The number of hydrogen-bond acceptors (Lipinski definition) is 3. The maximum absolute atomic E-state index is 11.5. The Hall–Kier alpha value is -2.17. The standard InChI is InChI=1S/C17H13ClN2OS/c1-10-2-4-12(5-3-10)15-14(20-17(22-15)16(19)21)11-6-8-13(18)9-7-11/h2-9H,1H3,(H2,19,21). The minimum Gasteiger partial charge on any atom is -0.364 e. The molecule has 0 radical (unpaired) electrons. The molecule has 22 heavy (non-hydrogen) atoms. The van der Waals surface area contributed by atoms with Gasteiger partial charge in [-0.05, 0) is 24.6 Å². The number of benzene rings is 2. The van der Waals surface area contributed by atoms with E-state index in [4.69, 9.17) is 17.3 Å². The fourth-order valence-corrected chi connectivity index (χ4v) is 3.20. The van der Waals surface area contributed by atoms with Crippen molar-refractivity contribution >= 4 is 28.8 Å². The van der Waals surface area contributed by atoms with Gasteiger partial charge in [0.15, 0.2) is 5.01 Å². The summed E-state index contributed by atoms with van der Waals surface area (Å²) in [6, 6.07) is 15.5. The van der Waals surface area contributed by atoms with Gasteiger partial charge in [-0.3, -0.25) is 4.79 Å². The largest absolute Gasteiger partial charge is 0.364 e. The van der Waals surface area contributed by atoms with E-state index in [-0.39, 0.29) is 0 Å². The highest BCUT2D eigenvalue weighted by atomic mass is 35.5. The zero-order chi connectivity index (χ0) is 15.7. The Labute approximate surface area is 137 Å². The maximum Gasteiger partial charge on any atom is 0.277 e. The number of primary amides is 1. The summed E-state index contributed by atoms with van der Waals surface area (Å²) in [5, 5.41) is 0.964. The third-order valence-corrected chi connectivity index (χ3v) is 4.64. The number of halogens is 1. The quantitative estimate of drug-likeness (QED) is 0.767. The lowest BCUT2D eigenvalue weighted by Gasteiger charge is -2.03. The molecule has 0 spiro atoms. The van der Waals surface area contributed by atoms with E-state index < -0.39 is 5.91 Å². The van der Waals surface area contributed by atoms with Gasteiger partial charge in [0.1, 0.15) is 0 Å². The van der Waals surface area contributed by atoms with Gasteiger partial charge in [-0.2, -0.15) is 0 Å². The molecule has 5 heteroatoms. The first-order valence-corrected chi connectivity index (χ1v) is 7.87. The van der Waals surface area contributed by atoms with E-state index >= 15 is 0 Å². The van der Waals surface area contributed by atoms with Crippen LogP contribution in [0, 0.1) is 6.92 Å². The lowest BCUT2D eigenvalue weighted by molar-refractivity contribution is 0.1000. The molecular weight excluding hydrogens is 316 g/mol. The summed E-state index contributed by atoms with van der Waals surface area (Å²) in [5.41, 5.74) is 9.24. The second-order valence-electron chi connectivity index (χ2n) is 4.93. The number of thiazole rings is 1. The third kappa shape index (κ3) is 2.89. The van der Waals surface area contributed by atoms with Crippen molar-refractivity contribution in [3.63, 3.8) is 0 Å². The summed E-state index contributed by atoms with van der Waals surface area (Å²) in [6.45, 7) is 2.03. The van der Waals surface area contributed by atoms with Gasteiger partial charge in [0.25, 0.3) is 5.91 Å². The van der Waals surface area contributed by atoms with Crippen LogP contribution in [0.3, 0.4) is 0 Å². The van der Waals surface area contributed by atoms with Gasteiger partial charge in [0, 0.05) is 10.6 Å². The van der Waals surface area contributed by atoms with Crippen LogP contribution in [0.4, 0.5) is 0 Å². The fraction of sp³-hybridized carbons (Fsp3) is 0.0588. The van der Waals surface area contributed by atoms with Gasteiger partial charge >= 0.3 is 0 Å². The van der Waals surface area contributed by atoms with Crippen molar-refractivity contribution in [3.8, 4) is 21.7 Å². The van der Waals surface area contributed by atoms with Crippen LogP contribution in [0.1, 0.15) is 15.4 Å². The molecule has 0 unspecified atom stereocenters. The molecule has 0 fully saturated rings. The van der Waals surface area contributed by atoms with Crippen molar-refractivity contribution in [3.05, 3.63) is 64.1 Å². The molecule has 1 aromatic heterocycles. The monoisotopic (exact) mass is 328 g/mol. The first-order valence-electron chi connectivity index (χ1n) is 6.68. The van der Waals surface area contributed by atoms with E-state index in [0.717, 1.165) is 21.7 Å². The molecule has 3 aromatic rings. The molecule has 0 atom stereocenters.